The quantitative estimate of drug-likeness (QED) is 0.0544. The largest absolute Gasteiger partial charge is 0.457 e. The molecule has 2 saturated carbocycles. The van der Waals surface area contributed by atoms with Gasteiger partial charge in [0.05, 0.1) is 41.6 Å². The minimum Gasteiger partial charge on any atom is -0.457 e. The Bertz CT molecular complexity index is 2690. The van der Waals surface area contributed by atoms with Crippen LogP contribution < -0.4 is 10.5 Å². The number of carbonyl (C=O) groups excluding carboxylic acids is 6. The van der Waals surface area contributed by atoms with Crippen molar-refractivity contribution in [2.75, 3.05) is 6.61 Å². The fourth-order valence-corrected chi connectivity index (χ4v) is 14.7. The molecule has 3 aromatic carbocycles. The number of aliphatic hydroxyl groups is 1. The maximum atomic E-state index is 16.5. The monoisotopic (exact) mass is 1010 g/mol. The summed E-state index contributed by atoms with van der Waals surface area (Å²) in [6.07, 6.45) is -7.15. The summed E-state index contributed by atoms with van der Waals surface area (Å²) in [7, 11) is -2.98. The third-order valence-corrected chi connectivity index (χ3v) is 19.2. The van der Waals surface area contributed by atoms with Crippen molar-refractivity contribution < 1.29 is 62.0 Å². The average molecular weight is 1010 g/mol. The number of fused-ring (bicyclic) bond motifs is 5. The highest BCUT2D eigenvalue weighted by Gasteiger charge is 2.79. The van der Waals surface area contributed by atoms with Crippen molar-refractivity contribution in [3.63, 3.8) is 0 Å². The molecular formula is C55H63NO13SSi. The third-order valence-electron chi connectivity index (χ3n) is 15.6. The van der Waals surface area contributed by atoms with Crippen molar-refractivity contribution >= 4 is 60.4 Å². The van der Waals surface area contributed by atoms with Gasteiger partial charge in [-0.15, -0.1) is 11.3 Å². The van der Waals surface area contributed by atoms with E-state index in [1.54, 1.807) is 102 Å². The summed E-state index contributed by atoms with van der Waals surface area (Å²) in [5, 5.41) is 20.0. The van der Waals surface area contributed by atoms with Crippen LogP contribution in [0.4, 0.5) is 0 Å². The van der Waals surface area contributed by atoms with E-state index < -0.39 is 121 Å². The number of hydrogen-bond donors (Lipinski definition) is 2. The molecule has 16 heteroatoms. The molecule has 4 aliphatic rings. The first-order valence-electron chi connectivity index (χ1n) is 24.2. The summed E-state index contributed by atoms with van der Waals surface area (Å²) in [4.78, 5) is 87.7. The Morgan fingerprint density at radius 1 is 0.873 bits per heavy atom. The number of amides is 1. The topological polar surface area (TPSA) is 190 Å². The second-order valence-electron chi connectivity index (χ2n) is 20.5. The number of Topliss-reactive ketones (excluding diaryl/α,β-unsaturated/α-hetero) is 1. The van der Waals surface area contributed by atoms with E-state index in [1.165, 1.54) is 18.3 Å². The van der Waals surface area contributed by atoms with E-state index in [1.807, 2.05) is 60.9 Å². The fourth-order valence-electron chi connectivity index (χ4n) is 11.6. The molecule has 3 fully saturated rings. The first-order valence-corrected chi connectivity index (χ1v) is 28.0. The molecule has 1 amide bonds. The van der Waals surface area contributed by atoms with Crippen molar-refractivity contribution in [1.82, 2.24) is 5.32 Å². The lowest BCUT2D eigenvalue weighted by molar-refractivity contribution is -0.344. The van der Waals surface area contributed by atoms with Gasteiger partial charge >= 0.3 is 23.9 Å². The van der Waals surface area contributed by atoms with Gasteiger partial charge in [0.2, 0.25) is 8.32 Å². The number of rotatable bonds is 14. The molecule has 8 rings (SSSR count). The SMILES string of the molecule is CCC(=O)O[C@H]1C(=O)[C@@]2(C)C([C@H](OC(=O)c3ccccc3)[C@]3(O)C[C@H](OC(=O)[C@H](C)[C@@H](NC(=O)c4ccccc4)c4cccs4)C(C)=C1C3(C)C)[C@]1(OC(C)=O)CO[C@@H]1C[C@@H]2O[Si](C)(C)c1ccccc1. The fraction of sp³-hybridized carbons (Fsp3) is 0.455. The van der Waals surface area contributed by atoms with Crippen LogP contribution in [0, 0.1) is 22.7 Å². The van der Waals surface area contributed by atoms with Gasteiger partial charge in [-0.2, -0.15) is 0 Å². The van der Waals surface area contributed by atoms with Gasteiger partial charge in [-0.3, -0.25) is 24.0 Å². The molecule has 3 aliphatic carbocycles. The Morgan fingerprint density at radius 3 is 2.06 bits per heavy atom. The molecule has 1 unspecified atom stereocenters. The van der Waals surface area contributed by atoms with E-state index in [0.29, 0.717) is 16.0 Å². The number of hydrogen-bond acceptors (Lipinski definition) is 14. The first kappa shape index (κ1) is 51.6. The van der Waals surface area contributed by atoms with E-state index >= 15 is 4.79 Å². The third kappa shape index (κ3) is 9.11. The molecule has 14 nitrogen and oxygen atoms in total. The molecule has 11 atom stereocenters. The molecule has 0 radical (unpaired) electrons. The zero-order valence-corrected chi connectivity index (χ0v) is 43.4. The zero-order valence-electron chi connectivity index (χ0n) is 41.6. The molecule has 2 heterocycles. The molecule has 2 bridgehead atoms. The predicted molar refractivity (Wildman–Crippen MR) is 266 cm³/mol. The number of thiophene rings is 1. The van der Waals surface area contributed by atoms with Crippen LogP contribution in [0.25, 0.3) is 0 Å². The smallest absolute Gasteiger partial charge is 0.338 e. The molecule has 1 aromatic heterocycles. The zero-order chi connectivity index (χ0) is 51.3. The summed E-state index contributed by atoms with van der Waals surface area (Å²) in [6, 6.07) is 29.2. The van der Waals surface area contributed by atoms with Crippen LogP contribution in [0.15, 0.2) is 120 Å². The number of esters is 4. The number of ether oxygens (including phenoxy) is 5. The van der Waals surface area contributed by atoms with E-state index in [-0.39, 0.29) is 30.6 Å². The van der Waals surface area contributed by atoms with E-state index in [2.05, 4.69) is 5.32 Å². The van der Waals surface area contributed by atoms with E-state index in [4.69, 9.17) is 28.1 Å². The highest BCUT2D eigenvalue weighted by atomic mass is 32.1. The number of nitrogens with one attached hydrogen (secondary N) is 1. The van der Waals surface area contributed by atoms with Crippen LogP contribution in [0.2, 0.25) is 13.1 Å². The minimum absolute atomic E-state index is 0.0489. The molecule has 0 spiro atoms. The Labute approximate surface area is 419 Å². The van der Waals surface area contributed by atoms with Crippen molar-refractivity contribution in [3.05, 3.63) is 136 Å². The van der Waals surface area contributed by atoms with Crippen LogP contribution >= 0.6 is 11.3 Å². The Balaban J connectivity index is 1.32. The number of benzene rings is 3. The summed E-state index contributed by atoms with van der Waals surface area (Å²) in [5.41, 5.74) is -6.42. The van der Waals surface area contributed by atoms with Crippen LogP contribution in [0.1, 0.15) is 99.4 Å². The highest BCUT2D eigenvalue weighted by Crippen LogP contribution is 2.65. The average Bonchev–Trinajstić information content (AvgIpc) is 3.89. The normalized spacial score (nSPS) is 29.6. The van der Waals surface area contributed by atoms with E-state index in [0.717, 1.165) is 5.19 Å². The van der Waals surface area contributed by atoms with E-state index in [9.17, 15) is 29.1 Å². The van der Waals surface area contributed by atoms with Gasteiger partial charge in [-0.25, -0.2) is 4.79 Å². The Morgan fingerprint density at radius 2 is 1.49 bits per heavy atom. The van der Waals surface area contributed by atoms with Crippen LogP contribution in [-0.2, 0) is 47.3 Å². The summed E-state index contributed by atoms with van der Waals surface area (Å²) in [6.45, 7) is 14.9. The minimum atomic E-state index is -2.98. The van der Waals surface area contributed by atoms with Gasteiger partial charge < -0.3 is 38.5 Å². The van der Waals surface area contributed by atoms with Gasteiger partial charge in [0.1, 0.15) is 23.9 Å². The summed E-state index contributed by atoms with van der Waals surface area (Å²) < 4.78 is 39.5. The lowest BCUT2D eigenvalue weighted by Gasteiger charge is -2.68. The molecule has 376 valence electrons. The van der Waals surface area contributed by atoms with Crippen LogP contribution in [-0.4, -0.2) is 97.3 Å². The van der Waals surface area contributed by atoms with Gasteiger partial charge in [0, 0.05) is 42.0 Å². The summed E-state index contributed by atoms with van der Waals surface area (Å²) >= 11 is 1.35. The first-order chi connectivity index (χ1) is 33.6. The van der Waals surface area contributed by atoms with Crippen molar-refractivity contribution in [2.24, 2.45) is 22.7 Å². The second kappa shape index (κ2) is 19.7. The predicted octanol–water partition coefficient (Wildman–Crippen LogP) is 7.60. The number of carbonyl (C=O) groups is 6. The van der Waals surface area contributed by atoms with Crippen molar-refractivity contribution in [1.29, 1.82) is 0 Å². The maximum Gasteiger partial charge on any atom is 0.338 e. The standard InChI is InChI=1S/C55H63NO13SSi/c1-10-42(58)66-45-43-32(2)38(65-50(61)33(3)44(39-27-20-28-70-39)56-49(60)35-21-14-11-15-22-35)30-55(63,52(43,5)6)48(67-51(62)36-23-16-12-17-24-36)46-53(7,47(45)59)40(29-41-54(46,31-64-41)68-34(4)57)69-71(8,9)37-25-18-13-19-26-37/h11-28,33,38,40-41,44-46,48,63H,10,29-31H2,1-9H3,(H,56,60)/t33-,38+,40+,41-,44-,45-,46?,48+,53-,54+,55-/m1/s1. The highest BCUT2D eigenvalue weighted by molar-refractivity contribution is 7.10. The lowest BCUT2D eigenvalue weighted by Crippen LogP contribution is -2.82. The Hall–Kier alpha value is -5.78. The lowest BCUT2D eigenvalue weighted by atomic mass is 9.44. The van der Waals surface area contributed by atoms with Gasteiger partial charge in [0.25, 0.3) is 5.91 Å². The molecule has 2 N–H and O–H groups in total. The van der Waals surface area contributed by atoms with Gasteiger partial charge in [-0.1, -0.05) is 93.6 Å². The second-order valence-corrected chi connectivity index (χ2v) is 25.3. The van der Waals surface area contributed by atoms with Crippen LogP contribution in [0.5, 0.6) is 0 Å². The van der Waals surface area contributed by atoms with Crippen molar-refractivity contribution in [3.8, 4) is 0 Å². The molecule has 71 heavy (non-hydrogen) atoms. The maximum absolute atomic E-state index is 16.5. The van der Waals surface area contributed by atoms with Crippen molar-refractivity contribution in [2.45, 2.75) is 129 Å². The molecule has 1 aliphatic heterocycles. The molecule has 4 aromatic rings. The number of ketones is 1. The Kier molecular flexibility index (Phi) is 14.3. The van der Waals surface area contributed by atoms with Gasteiger partial charge in [-0.05, 0) is 85.9 Å². The van der Waals surface area contributed by atoms with Gasteiger partial charge in [0.15, 0.2) is 17.5 Å². The summed E-state index contributed by atoms with van der Waals surface area (Å²) in [5.74, 6) is -6.50. The van der Waals surface area contributed by atoms with Crippen LogP contribution in [0.3, 0.4) is 0 Å². The molecule has 1 saturated heterocycles. The molecular weight excluding hydrogens is 943 g/mol.